The molecule has 1 fully saturated rings. The number of amides is 2. The number of hydrogen-bond acceptors (Lipinski definition) is 3. The average molecular weight is 283 g/mol. The number of likely N-dealkylation sites (tertiary alicyclic amines) is 1. The first-order chi connectivity index (χ1) is 9.43. The summed E-state index contributed by atoms with van der Waals surface area (Å²) < 4.78 is 0. The van der Waals surface area contributed by atoms with E-state index in [2.05, 4.69) is 19.2 Å². The standard InChI is InChI=1S/C15H29N3O2/c1-11(2)8-13(10-16)9-14(19)17-12(3)15(20)18-6-4-5-7-18/h11-13H,4-10,16H2,1-3H3,(H,17,19). The van der Waals surface area contributed by atoms with Crippen molar-refractivity contribution < 1.29 is 9.59 Å². The first-order valence-corrected chi connectivity index (χ1v) is 7.72. The molecule has 5 heteroatoms. The molecule has 1 heterocycles. The third kappa shape index (κ3) is 5.49. The third-order valence-corrected chi connectivity index (χ3v) is 3.78. The van der Waals surface area contributed by atoms with Crippen molar-refractivity contribution in [3.8, 4) is 0 Å². The number of carbonyl (C=O) groups excluding carboxylic acids is 2. The SMILES string of the molecule is CC(C)CC(CN)CC(=O)NC(C)C(=O)N1CCCC1. The molecule has 0 aromatic rings. The summed E-state index contributed by atoms with van der Waals surface area (Å²) in [4.78, 5) is 25.9. The molecular weight excluding hydrogens is 254 g/mol. The van der Waals surface area contributed by atoms with Crippen molar-refractivity contribution in [2.24, 2.45) is 17.6 Å². The van der Waals surface area contributed by atoms with Crippen molar-refractivity contribution in [3.05, 3.63) is 0 Å². The Morgan fingerprint density at radius 2 is 1.80 bits per heavy atom. The summed E-state index contributed by atoms with van der Waals surface area (Å²) in [6.45, 7) is 8.16. The van der Waals surface area contributed by atoms with Gasteiger partial charge in [0.1, 0.15) is 6.04 Å². The van der Waals surface area contributed by atoms with Crippen LogP contribution >= 0.6 is 0 Å². The average Bonchev–Trinajstić information content (AvgIpc) is 2.89. The van der Waals surface area contributed by atoms with Crippen LogP contribution in [0.3, 0.4) is 0 Å². The zero-order valence-electron chi connectivity index (χ0n) is 13.0. The third-order valence-electron chi connectivity index (χ3n) is 3.78. The molecule has 1 aliphatic rings. The van der Waals surface area contributed by atoms with Crippen molar-refractivity contribution in [1.29, 1.82) is 0 Å². The lowest BCUT2D eigenvalue weighted by Gasteiger charge is -2.22. The maximum absolute atomic E-state index is 12.1. The van der Waals surface area contributed by atoms with Crippen LogP contribution in [0, 0.1) is 11.8 Å². The topological polar surface area (TPSA) is 75.4 Å². The van der Waals surface area contributed by atoms with Crippen molar-refractivity contribution >= 4 is 11.8 Å². The zero-order chi connectivity index (χ0) is 15.1. The fourth-order valence-corrected chi connectivity index (χ4v) is 2.77. The van der Waals surface area contributed by atoms with Gasteiger partial charge in [-0.25, -0.2) is 0 Å². The number of nitrogens with one attached hydrogen (secondary N) is 1. The van der Waals surface area contributed by atoms with Crippen LogP contribution < -0.4 is 11.1 Å². The van der Waals surface area contributed by atoms with Gasteiger partial charge in [-0.1, -0.05) is 13.8 Å². The molecule has 2 atom stereocenters. The lowest BCUT2D eigenvalue weighted by Crippen LogP contribution is -2.46. The number of nitrogens with two attached hydrogens (primary N) is 1. The highest BCUT2D eigenvalue weighted by Gasteiger charge is 2.25. The molecule has 1 saturated heterocycles. The molecule has 2 unspecified atom stereocenters. The molecule has 0 bridgehead atoms. The summed E-state index contributed by atoms with van der Waals surface area (Å²) in [5.74, 6) is 0.689. The van der Waals surface area contributed by atoms with E-state index in [0.29, 0.717) is 18.9 Å². The second-order valence-corrected chi connectivity index (χ2v) is 6.26. The number of nitrogens with zero attached hydrogens (tertiary/aromatic N) is 1. The molecule has 3 N–H and O–H groups in total. The molecule has 1 rings (SSSR count). The van der Waals surface area contributed by atoms with Gasteiger partial charge in [0.15, 0.2) is 0 Å². The molecule has 0 radical (unpaired) electrons. The molecule has 0 aliphatic carbocycles. The van der Waals surface area contributed by atoms with E-state index in [1.54, 1.807) is 6.92 Å². The Labute approximate surface area is 122 Å². The van der Waals surface area contributed by atoms with Crippen LogP contribution in [0.4, 0.5) is 0 Å². The molecule has 20 heavy (non-hydrogen) atoms. The van der Waals surface area contributed by atoms with Gasteiger partial charge in [-0.05, 0) is 44.6 Å². The van der Waals surface area contributed by atoms with E-state index in [1.807, 2.05) is 4.90 Å². The zero-order valence-corrected chi connectivity index (χ0v) is 13.0. The van der Waals surface area contributed by atoms with Crippen LogP contribution in [0.25, 0.3) is 0 Å². The quantitative estimate of drug-likeness (QED) is 0.735. The minimum Gasteiger partial charge on any atom is -0.345 e. The second-order valence-electron chi connectivity index (χ2n) is 6.26. The first-order valence-electron chi connectivity index (χ1n) is 7.72. The molecule has 5 nitrogen and oxygen atoms in total. The van der Waals surface area contributed by atoms with E-state index in [4.69, 9.17) is 5.73 Å². The van der Waals surface area contributed by atoms with Gasteiger partial charge in [0.05, 0.1) is 0 Å². The lowest BCUT2D eigenvalue weighted by atomic mass is 9.94. The van der Waals surface area contributed by atoms with Gasteiger partial charge in [0.2, 0.25) is 11.8 Å². The van der Waals surface area contributed by atoms with E-state index in [9.17, 15) is 9.59 Å². The minimum absolute atomic E-state index is 0.0315. The highest BCUT2D eigenvalue weighted by Crippen LogP contribution is 2.14. The van der Waals surface area contributed by atoms with Gasteiger partial charge in [0, 0.05) is 19.5 Å². The van der Waals surface area contributed by atoms with Crippen LogP contribution in [0.15, 0.2) is 0 Å². The number of carbonyl (C=O) groups is 2. The molecule has 0 aromatic heterocycles. The Hall–Kier alpha value is -1.10. The van der Waals surface area contributed by atoms with Crippen LogP contribution in [0.5, 0.6) is 0 Å². The molecule has 0 saturated carbocycles. The Morgan fingerprint density at radius 1 is 1.20 bits per heavy atom. The summed E-state index contributed by atoms with van der Waals surface area (Å²) >= 11 is 0. The van der Waals surface area contributed by atoms with Gasteiger partial charge in [0.25, 0.3) is 0 Å². The Bertz CT molecular complexity index is 325. The summed E-state index contributed by atoms with van der Waals surface area (Å²) in [7, 11) is 0. The van der Waals surface area contributed by atoms with Gasteiger partial charge >= 0.3 is 0 Å². The van der Waals surface area contributed by atoms with Gasteiger partial charge in [-0.3, -0.25) is 9.59 Å². The summed E-state index contributed by atoms with van der Waals surface area (Å²) in [6, 6.07) is -0.432. The summed E-state index contributed by atoms with van der Waals surface area (Å²) in [5.41, 5.74) is 5.70. The predicted molar refractivity (Wildman–Crippen MR) is 80.0 cm³/mol. The maximum Gasteiger partial charge on any atom is 0.244 e. The van der Waals surface area contributed by atoms with Crippen molar-refractivity contribution in [1.82, 2.24) is 10.2 Å². The monoisotopic (exact) mass is 283 g/mol. The lowest BCUT2D eigenvalue weighted by molar-refractivity contribution is -0.135. The van der Waals surface area contributed by atoms with Gasteiger partial charge in [-0.15, -0.1) is 0 Å². The molecule has 2 amide bonds. The number of hydrogen-bond donors (Lipinski definition) is 2. The minimum atomic E-state index is -0.432. The van der Waals surface area contributed by atoms with E-state index >= 15 is 0 Å². The Morgan fingerprint density at radius 3 is 2.30 bits per heavy atom. The van der Waals surface area contributed by atoms with E-state index in [0.717, 1.165) is 32.4 Å². The smallest absolute Gasteiger partial charge is 0.244 e. The van der Waals surface area contributed by atoms with Crippen molar-refractivity contribution in [2.45, 2.75) is 52.5 Å². The summed E-state index contributed by atoms with van der Waals surface area (Å²) in [6.07, 6.45) is 3.48. The normalized spacial score (nSPS) is 18.1. The van der Waals surface area contributed by atoms with Crippen LogP contribution in [0.2, 0.25) is 0 Å². The fraction of sp³-hybridized carbons (Fsp3) is 0.867. The molecule has 116 valence electrons. The van der Waals surface area contributed by atoms with Crippen LogP contribution in [-0.4, -0.2) is 42.4 Å². The van der Waals surface area contributed by atoms with Crippen molar-refractivity contribution in [2.75, 3.05) is 19.6 Å². The van der Waals surface area contributed by atoms with E-state index in [1.165, 1.54) is 0 Å². The molecule has 0 aromatic carbocycles. The first kappa shape index (κ1) is 17.0. The summed E-state index contributed by atoms with van der Waals surface area (Å²) in [5, 5.41) is 2.81. The highest BCUT2D eigenvalue weighted by atomic mass is 16.2. The highest BCUT2D eigenvalue weighted by molar-refractivity contribution is 5.87. The largest absolute Gasteiger partial charge is 0.345 e. The molecule has 0 spiro atoms. The van der Waals surface area contributed by atoms with Crippen LogP contribution in [0.1, 0.15) is 46.5 Å². The Kier molecular flexibility index (Phi) is 6.99. The van der Waals surface area contributed by atoms with Crippen molar-refractivity contribution in [3.63, 3.8) is 0 Å². The van der Waals surface area contributed by atoms with E-state index < -0.39 is 6.04 Å². The van der Waals surface area contributed by atoms with E-state index in [-0.39, 0.29) is 17.7 Å². The fourth-order valence-electron chi connectivity index (χ4n) is 2.77. The second kappa shape index (κ2) is 8.25. The maximum atomic E-state index is 12.1. The number of rotatable bonds is 7. The van der Waals surface area contributed by atoms with Crippen LogP contribution in [-0.2, 0) is 9.59 Å². The predicted octanol–water partition coefficient (Wildman–Crippen LogP) is 1.12. The molecular formula is C15H29N3O2. The molecule has 1 aliphatic heterocycles. The van der Waals surface area contributed by atoms with Gasteiger partial charge < -0.3 is 16.0 Å². The Balaban J connectivity index is 2.38. The van der Waals surface area contributed by atoms with Gasteiger partial charge in [-0.2, -0.15) is 0 Å².